The van der Waals surface area contributed by atoms with Crippen LogP contribution in [0.25, 0.3) is 0 Å². The number of amides is 2. The Hall–Kier alpha value is -0.810. The molecule has 1 unspecified atom stereocenters. The van der Waals surface area contributed by atoms with E-state index in [2.05, 4.69) is 10.6 Å². The highest BCUT2D eigenvalue weighted by Gasteiger charge is 2.15. The zero-order valence-corrected chi connectivity index (χ0v) is 8.42. The molecule has 0 aromatic carbocycles. The molecule has 5 nitrogen and oxygen atoms in total. The van der Waals surface area contributed by atoms with Crippen LogP contribution in [0.15, 0.2) is 0 Å². The number of carbonyl (C=O) groups excluding carboxylic acids is 1. The number of carbonyl (C=O) groups is 1. The van der Waals surface area contributed by atoms with E-state index in [-0.39, 0.29) is 12.3 Å². The molecule has 5 heteroatoms. The SMILES string of the molecule is NCCCNC(=O)NC1CCCCO1. The summed E-state index contributed by atoms with van der Waals surface area (Å²) < 4.78 is 5.36. The second-order valence-electron chi connectivity index (χ2n) is 3.40. The molecule has 0 bridgehead atoms. The topological polar surface area (TPSA) is 76.4 Å². The van der Waals surface area contributed by atoms with E-state index in [1.165, 1.54) is 0 Å². The van der Waals surface area contributed by atoms with Gasteiger partial charge in [0.2, 0.25) is 0 Å². The summed E-state index contributed by atoms with van der Waals surface area (Å²) in [5.74, 6) is 0. The smallest absolute Gasteiger partial charge is 0.316 e. The summed E-state index contributed by atoms with van der Waals surface area (Å²) in [5, 5.41) is 5.49. The third-order valence-electron chi connectivity index (χ3n) is 2.14. The van der Waals surface area contributed by atoms with Crippen molar-refractivity contribution in [3.05, 3.63) is 0 Å². The van der Waals surface area contributed by atoms with Crippen molar-refractivity contribution in [3.8, 4) is 0 Å². The largest absolute Gasteiger partial charge is 0.358 e. The molecule has 0 aliphatic carbocycles. The summed E-state index contributed by atoms with van der Waals surface area (Å²) in [4.78, 5) is 11.2. The van der Waals surface area contributed by atoms with E-state index in [1.54, 1.807) is 0 Å². The summed E-state index contributed by atoms with van der Waals surface area (Å²) in [6.07, 6.45) is 3.81. The van der Waals surface area contributed by atoms with Crippen LogP contribution in [0.4, 0.5) is 4.79 Å². The molecule has 0 aromatic rings. The third-order valence-corrected chi connectivity index (χ3v) is 2.14. The van der Waals surface area contributed by atoms with E-state index in [0.29, 0.717) is 13.1 Å². The Morgan fingerprint density at radius 2 is 2.36 bits per heavy atom. The minimum absolute atomic E-state index is 0.110. The first-order valence-electron chi connectivity index (χ1n) is 5.19. The van der Waals surface area contributed by atoms with Gasteiger partial charge < -0.3 is 21.1 Å². The Labute approximate surface area is 84.4 Å². The molecule has 1 atom stereocenters. The van der Waals surface area contributed by atoms with Gasteiger partial charge >= 0.3 is 6.03 Å². The van der Waals surface area contributed by atoms with Crippen molar-refractivity contribution in [3.63, 3.8) is 0 Å². The fourth-order valence-electron chi connectivity index (χ4n) is 1.36. The first-order chi connectivity index (χ1) is 6.83. The molecule has 1 aliphatic rings. The van der Waals surface area contributed by atoms with Crippen LogP contribution in [-0.2, 0) is 4.74 Å². The number of nitrogens with one attached hydrogen (secondary N) is 2. The van der Waals surface area contributed by atoms with Gasteiger partial charge in [-0.2, -0.15) is 0 Å². The predicted molar refractivity (Wildman–Crippen MR) is 53.8 cm³/mol. The van der Waals surface area contributed by atoms with Gasteiger partial charge in [0, 0.05) is 13.2 Å². The second kappa shape index (κ2) is 6.62. The van der Waals surface area contributed by atoms with Crippen LogP contribution in [0, 0.1) is 0 Å². The molecule has 0 radical (unpaired) electrons. The van der Waals surface area contributed by atoms with E-state index >= 15 is 0 Å². The molecule has 1 rings (SSSR count). The zero-order valence-electron chi connectivity index (χ0n) is 8.42. The fraction of sp³-hybridized carbons (Fsp3) is 0.889. The van der Waals surface area contributed by atoms with Crippen LogP contribution in [0.3, 0.4) is 0 Å². The first-order valence-corrected chi connectivity index (χ1v) is 5.19. The van der Waals surface area contributed by atoms with Crippen LogP contribution in [0.2, 0.25) is 0 Å². The third kappa shape index (κ3) is 4.43. The Morgan fingerprint density at radius 1 is 1.50 bits per heavy atom. The van der Waals surface area contributed by atoms with Gasteiger partial charge in [-0.05, 0) is 32.2 Å². The lowest BCUT2D eigenvalue weighted by atomic mass is 10.2. The Kier molecular flexibility index (Phi) is 5.32. The van der Waals surface area contributed by atoms with Gasteiger partial charge in [-0.3, -0.25) is 0 Å². The van der Waals surface area contributed by atoms with Gasteiger partial charge in [0.15, 0.2) is 0 Å². The van der Waals surface area contributed by atoms with E-state index in [9.17, 15) is 4.79 Å². The van der Waals surface area contributed by atoms with Crippen LogP contribution < -0.4 is 16.4 Å². The molecule has 2 amide bonds. The minimum Gasteiger partial charge on any atom is -0.358 e. The number of nitrogens with two attached hydrogens (primary N) is 1. The maximum absolute atomic E-state index is 11.2. The van der Waals surface area contributed by atoms with E-state index in [1.807, 2.05) is 0 Å². The van der Waals surface area contributed by atoms with Crippen molar-refractivity contribution in [2.75, 3.05) is 19.7 Å². The molecule has 14 heavy (non-hydrogen) atoms. The molecule has 0 aromatic heterocycles. The quantitative estimate of drug-likeness (QED) is 0.567. The Balaban J connectivity index is 2.06. The number of ether oxygens (including phenoxy) is 1. The van der Waals surface area contributed by atoms with Gasteiger partial charge in [-0.25, -0.2) is 4.79 Å². The maximum atomic E-state index is 11.2. The molecule has 82 valence electrons. The van der Waals surface area contributed by atoms with Gasteiger partial charge in [-0.1, -0.05) is 0 Å². The van der Waals surface area contributed by atoms with Crippen LogP contribution in [-0.4, -0.2) is 32.0 Å². The number of urea groups is 1. The average molecular weight is 201 g/mol. The van der Waals surface area contributed by atoms with E-state index < -0.39 is 0 Å². The number of rotatable bonds is 4. The molecule has 1 heterocycles. The number of hydrogen-bond donors (Lipinski definition) is 3. The number of hydrogen-bond acceptors (Lipinski definition) is 3. The average Bonchev–Trinajstić information content (AvgIpc) is 2.20. The van der Waals surface area contributed by atoms with Gasteiger partial charge in [0.05, 0.1) is 0 Å². The summed E-state index contributed by atoms with van der Waals surface area (Å²) in [5.41, 5.74) is 5.30. The van der Waals surface area contributed by atoms with Crippen molar-refractivity contribution < 1.29 is 9.53 Å². The van der Waals surface area contributed by atoms with Crippen molar-refractivity contribution in [2.24, 2.45) is 5.73 Å². The maximum Gasteiger partial charge on any atom is 0.316 e. The van der Waals surface area contributed by atoms with Crippen LogP contribution in [0.5, 0.6) is 0 Å². The summed E-state index contributed by atoms with van der Waals surface area (Å²) >= 11 is 0. The monoisotopic (exact) mass is 201 g/mol. The summed E-state index contributed by atoms with van der Waals surface area (Å²) in [6.45, 7) is 1.96. The van der Waals surface area contributed by atoms with Crippen molar-refractivity contribution in [2.45, 2.75) is 31.9 Å². The minimum atomic E-state index is -0.162. The van der Waals surface area contributed by atoms with Crippen molar-refractivity contribution in [1.29, 1.82) is 0 Å². The van der Waals surface area contributed by atoms with E-state index in [4.69, 9.17) is 10.5 Å². The summed E-state index contributed by atoms with van der Waals surface area (Å²) in [7, 11) is 0. The van der Waals surface area contributed by atoms with Crippen molar-refractivity contribution >= 4 is 6.03 Å². The molecule has 4 N–H and O–H groups in total. The molecule has 0 saturated carbocycles. The highest BCUT2D eigenvalue weighted by Crippen LogP contribution is 2.09. The van der Waals surface area contributed by atoms with Crippen LogP contribution in [0.1, 0.15) is 25.7 Å². The molecule has 0 spiro atoms. The Morgan fingerprint density at radius 3 is 3.00 bits per heavy atom. The van der Waals surface area contributed by atoms with E-state index in [0.717, 1.165) is 32.3 Å². The van der Waals surface area contributed by atoms with Crippen molar-refractivity contribution in [1.82, 2.24) is 10.6 Å². The second-order valence-corrected chi connectivity index (χ2v) is 3.40. The molecule has 1 saturated heterocycles. The first kappa shape index (κ1) is 11.3. The Bertz CT molecular complexity index is 169. The van der Waals surface area contributed by atoms with Gasteiger partial charge in [-0.15, -0.1) is 0 Å². The van der Waals surface area contributed by atoms with Gasteiger partial charge in [0.25, 0.3) is 0 Å². The lowest BCUT2D eigenvalue weighted by Gasteiger charge is -2.23. The lowest BCUT2D eigenvalue weighted by molar-refractivity contribution is 0.00236. The predicted octanol–water partition coefficient (Wildman–Crippen LogP) is 0.161. The molecule has 1 fully saturated rings. The normalized spacial score (nSPS) is 21.6. The molecular weight excluding hydrogens is 182 g/mol. The lowest BCUT2D eigenvalue weighted by Crippen LogP contribution is -2.45. The standard InChI is InChI=1S/C9H19N3O2/c10-5-3-6-11-9(13)12-8-4-1-2-7-14-8/h8H,1-7,10H2,(H2,11,12,13). The summed E-state index contributed by atoms with van der Waals surface area (Å²) in [6, 6.07) is -0.162. The highest BCUT2D eigenvalue weighted by molar-refractivity contribution is 5.73. The highest BCUT2D eigenvalue weighted by atomic mass is 16.5. The molecular formula is C9H19N3O2. The van der Waals surface area contributed by atoms with Crippen LogP contribution >= 0.6 is 0 Å². The fourth-order valence-corrected chi connectivity index (χ4v) is 1.36. The zero-order chi connectivity index (χ0) is 10.2. The van der Waals surface area contributed by atoms with Gasteiger partial charge in [0.1, 0.15) is 6.23 Å². The molecule has 1 aliphatic heterocycles.